The fourth-order valence-electron chi connectivity index (χ4n) is 2.50. The minimum Gasteiger partial charge on any atom is -0.306 e. The molecular weight excluding hydrogens is 196 g/mol. The molecule has 1 atom stereocenters. The number of rotatable bonds is 3. The van der Waals surface area contributed by atoms with Crippen molar-refractivity contribution in [1.29, 1.82) is 0 Å². The lowest BCUT2D eigenvalue weighted by Crippen LogP contribution is -2.34. The zero-order valence-electron chi connectivity index (χ0n) is 10.3. The normalized spacial score (nSPS) is 27.6. The second-order valence-electron chi connectivity index (χ2n) is 5.10. The first kappa shape index (κ1) is 11.6. The highest BCUT2D eigenvalue weighted by Gasteiger charge is 2.20. The van der Waals surface area contributed by atoms with E-state index in [0.29, 0.717) is 12.1 Å². The summed E-state index contributed by atoms with van der Waals surface area (Å²) in [6.07, 6.45) is 7.24. The molecule has 16 heavy (non-hydrogen) atoms. The lowest BCUT2D eigenvalue weighted by Gasteiger charge is -2.29. The van der Waals surface area contributed by atoms with Gasteiger partial charge in [-0.25, -0.2) is 0 Å². The molecule has 1 aliphatic carbocycles. The summed E-state index contributed by atoms with van der Waals surface area (Å²) in [7, 11) is 0. The van der Waals surface area contributed by atoms with Crippen LogP contribution < -0.4 is 5.32 Å². The van der Waals surface area contributed by atoms with Crippen LogP contribution in [0.2, 0.25) is 0 Å². The van der Waals surface area contributed by atoms with Crippen LogP contribution in [-0.4, -0.2) is 11.0 Å². The highest BCUT2D eigenvalue weighted by atomic mass is 15.0. The molecule has 0 saturated heterocycles. The maximum Gasteiger partial charge on any atom is 0.0570 e. The van der Waals surface area contributed by atoms with E-state index in [1.54, 1.807) is 0 Å². The number of nitrogens with zero attached hydrogens (tertiary/aromatic N) is 1. The van der Waals surface area contributed by atoms with Crippen LogP contribution in [0.5, 0.6) is 0 Å². The van der Waals surface area contributed by atoms with Gasteiger partial charge in [0.1, 0.15) is 0 Å². The Morgan fingerprint density at radius 1 is 1.25 bits per heavy atom. The molecule has 1 aromatic rings. The highest BCUT2D eigenvalue weighted by Crippen LogP contribution is 2.25. The summed E-state index contributed by atoms with van der Waals surface area (Å²) in [4.78, 5) is 4.40. The van der Waals surface area contributed by atoms with Crippen LogP contribution >= 0.6 is 0 Å². The number of hydrogen-bond donors (Lipinski definition) is 1. The lowest BCUT2D eigenvalue weighted by atomic mass is 9.87. The van der Waals surface area contributed by atoms with E-state index >= 15 is 0 Å². The molecule has 2 heteroatoms. The molecule has 0 amide bonds. The molecule has 0 aliphatic heterocycles. The molecule has 2 rings (SSSR count). The Bertz CT molecular complexity index is 302. The maximum absolute atomic E-state index is 4.40. The lowest BCUT2D eigenvalue weighted by molar-refractivity contribution is 0.290. The summed E-state index contributed by atoms with van der Waals surface area (Å²) >= 11 is 0. The summed E-state index contributed by atoms with van der Waals surface area (Å²) in [5, 5.41) is 3.69. The molecule has 88 valence electrons. The SMILES string of the molecule is CC1CCC(NC(C)c2ccccn2)CC1. The van der Waals surface area contributed by atoms with Crippen LogP contribution in [0.4, 0.5) is 0 Å². The van der Waals surface area contributed by atoms with Crippen molar-refractivity contribution in [2.75, 3.05) is 0 Å². The van der Waals surface area contributed by atoms with E-state index in [9.17, 15) is 0 Å². The maximum atomic E-state index is 4.40. The fraction of sp³-hybridized carbons (Fsp3) is 0.643. The highest BCUT2D eigenvalue weighted by molar-refractivity contribution is 5.07. The van der Waals surface area contributed by atoms with Crippen LogP contribution in [0.15, 0.2) is 24.4 Å². The Morgan fingerprint density at radius 2 is 2.00 bits per heavy atom. The summed E-state index contributed by atoms with van der Waals surface area (Å²) in [6, 6.07) is 7.19. The van der Waals surface area contributed by atoms with Gasteiger partial charge in [0.15, 0.2) is 0 Å². The molecule has 1 heterocycles. The van der Waals surface area contributed by atoms with Gasteiger partial charge in [-0.2, -0.15) is 0 Å². The van der Waals surface area contributed by atoms with Gasteiger partial charge < -0.3 is 5.32 Å². The third kappa shape index (κ3) is 3.05. The van der Waals surface area contributed by atoms with Gasteiger partial charge in [-0.05, 0) is 50.7 Å². The van der Waals surface area contributed by atoms with Crippen LogP contribution in [0.3, 0.4) is 0 Å². The molecule has 1 unspecified atom stereocenters. The van der Waals surface area contributed by atoms with E-state index in [2.05, 4.69) is 36.3 Å². The first-order valence-electron chi connectivity index (χ1n) is 6.42. The molecule has 1 aromatic heterocycles. The molecule has 1 N–H and O–H groups in total. The van der Waals surface area contributed by atoms with E-state index in [0.717, 1.165) is 11.6 Å². The summed E-state index contributed by atoms with van der Waals surface area (Å²) in [5.41, 5.74) is 1.15. The van der Waals surface area contributed by atoms with E-state index in [-0.39, 0.29) is 0 Å². The average Bonchev–Trinajstić information content (AvgIpc) is 2.33. The average molecular weight is 218 g/mol. The minimum atomic E-state index is 0.375. The molecule has 0 radical (unpaired) electrons. The Kier molecular flexibility index (Phi) is 3.94. The quantitative estimate of drug-likeness (QED) is 0.842. The molecule has 2 nitrogen and oxygen atoms in total. The van der Waals surface area contributed by atoms with Crippen LogP contribution in [0.25, 0.3) is 0 Å². The molecule has 1 fully saturated rings. The predicted molar refractivity (Wildman–Crippen MR) is 67.2 cm³/mol. The van der Waals surface area contributed by atoms with Crippen molar-refractivity contribution in [3.05, 3.63) is 30.1 Å². The standard InChI is InChI=1S/C14H22N2/c1-11-6-8-13(9-7-11)16-12(2)14-5-3-4-10-15-14/h3-5,10-13,16H,6-9H2,1-2H3. The Balaban J connectivity index is 1.86. The van der Waals surface area contributed by atoms with Gasteiger partial charge in [0.25, 0.3) is 0 Å². The molecular formula is C14H22N2. The molecule has 1 saturated carbocycles. The topological polar surface area (TPSA) is 24.9 Å². The Morgan fingerprint density at radius 3 is 2.62 bits per heavy atom. The van der Waals surface area contributed by atoms with Crippen LogP contribution in [0.1, 0.15) is 51.3 Å². The second-order valence-corrected chi connectivity index (χ2v) is 5.10. The van der Waals surface area contributed by atoms with Gasteiger partial charge >= 0.3 is 0 Å². The van der Waals surface area contributed by atoms with E-state index in [4.69, 9.17) is 0 Å². The van der Waals surface area contributed by atoms with Gasteiger partial charge in [0.2, 0.25) is 0 Å². The second kappa shape index (κ2) is 5.44. The molecule has 1 aliphatic rings. The zero-order chi connectivity index (χ0) is 11.4. The largest absolute Gasteiger partial charge is 0.306 e. The van der Waals surface area contributed by atoms with E-state index in [1.807, 2.05) is 12.3 Å². The third-order valence-electron chi connectivity index (χ3n) is 3.63. The van der Waals surface area contributed by atoms with Crippen molar-refractivity contribution in [3.63, 3.8) is 0 Å². The van der Waals surface area contributed by atoms with Crippen molar-refractivity contribution >= 4 is 0 Å². The van der Waals surface area contributed by atoms with Crippen molar-refractivity contribution in [1.82, 2.24) is 10.3 Å². The molecule has 0 aromatic carbocycles. The Labute approximate surface area is 98.5 Å². The minimum absolute atomic E-state index is 0.375. The number of nitrogens with one attached hydrogen (secondary N) is 1. The molecule has 0 spiro atoms. The molecule has 0 bridgehead atoms. The first-order chi connectivity index (χ1) is 7.75. The van der Waals surface area contributed by atoms with E-state index in [1.165, 1.54) is 25.7 Å². The van der Waals surface area contributed by atoms with Crippen LogP contribution in [-0.2, 0) is 0 Å². The number of hydrogen-bond acceptors (Lipinski definition) is 2. The van der Waals surface area contributed by atoms with Gasteiger partial charge in [-0.15, -0.1) is 0 Å². The summed E-state index contributed by atoms with van der Waals surface area (Å²) < 4.78 is 0. The van der Waals surface area contributed by atoms with Gasteiger partial charge in [-0.1, -0.05) is 13.0 Å². The van der Waals surface area contributed by atoms with Crippen LogP contribution in [0, 0.1) is 5.92 Å². The first-order valence-corrected chi connectivity index (χ1v) is 6.42. The third-order valence-corrected chi connectivity index (χ3v) is 3.63. The summed E-state index contributed by atoms with van der Waals surface area (Å²) in [5.74, 6) is 0.920. The number of aromatic nitrogens is 1. The Hall–Kier alpha value is -0.890. The van der Waals surface area contributed by atoms with Gasteiger partial charge in [0.05, 0.1) is 5.69 Å². The van der Waals surface area contributed by atoms with Gasteiger partial charge in [0, 0.05) is 18.3 Å². The van der Waals surface area contributed by atoms with Crippen molar-refractivity contribution in [3.8, 4) is 0 Å². The van der Waals surface area contributed by atoms with Crippen molar-refractivity contribution in [2.24, 2.45) is 5.92 Å². The number of pyridine rings is 1. The van der Waals surface area contributed by atoms with Crippen molar-refractivity contribution < 1.29 is 0 Å². The predicted octanol–water partition coefficient (Wildman–Crippen LogP) is 3.31. The fourth-order valence-corrected chi connectivity index (χ4v) is 2.50. The zero-order valence-corrected chi connectivity index (χ0v) is 10.3. The van der Waals surface area contributed by atoms with E-state index < -0.39 is 0 Å². The van der Waals surface area contributed by atoms with Gasteiger partial charge in [-0.3, -0.25) is 4.98 Å². The van der Waals surface area contributed by atoms with Crippen molar-refractivity contribution in [2.45, 2.75) is 51.6 Å². The monoisotopic (exact) mass is 218 g/mol. The summed E-state index contributed by atoms with van der Waals surface area (Å²) in [6.45, 7) is 4.57. The smallest absolute Gasteiger partial charge is 0.0570 e.